The van der Waals surface area contributed by atoms with Crippen LogP contribution < -0.4 is 5.32 Å². The van der Waals surface area contributed by atoms with Crippen molar-refractivity contribution in [3.05, 3.63) is 65.5 Å². The van der Waals surface area contributed by atoms with E-state index in [-0.39, 0.29) is 17.0 Å². The summed E-state index contributed by atoms with van der Waals surface area (Å²) >= 11 is 0. The van der Waals surface area contributed by atoms with E-state index < -0.39 is 21.7 Å². The summed E-state index contributed by atoms with van der Waals surface area (Å²) in [5.74, 6) is -0.858. The topological polar surface area (TPSA) is 66.5 Å². The number of nitrogens with one attached hydrogen (secondary N) is 1. The van der Waals surface area contributed by atoms with Crippen LogP contribution in [-0.4, -0.2) is 32.2 Å². The number of hydrogen-bond donors (Lipinski definition) is 1. The molecule has 0 fully saturated rings. The Hall–Kier alpha value is -2.25. The fourth-order valence-corrected chi connectivity index (χ4v) is 3.65. The highest BCUT2D eigenvalue weighted by atomic mass is 32.2. The van der Waals surface area contributed by atoms with Crippen LogP contribution in [0.15, 0.2) is 53.4 Å². The molecule has 0 spiro atoms. The lowest BCUT2D eigenvalue weighted by molar-refractivity contribution is 0.0950. The Labute approximate surface area is 153 Å². The third-order valence-corrected chi connectivity index (χ3v) is 5.88. The fourth-order valence-electron chi connectivity index (χ4n) is 2.40. The van der Waals surface area contributed by atoms with Crippen LogP contribution in [0.2, 0.25) is 0 Å². The van der Waals surface area contributed by atoms with E-state index in [1.54, 1.807) is 18.2 Å². The van der Waals surface area contributed by atoms with Gasteiger partial charge in [-0.05, 0) is 30.7 Å². The van der Waals surface area contributed by atoms with Crippen molar-refractivity contribution in [2.45, 2.75) is 31.2 Å². The molecule has 0 saturated carbocycles. The second-order valence-electron chi connectivity index (χ2n) is 5.98. The highest BCUT2D eigenvalue weighted by Gasteiger charge is 2.21. The summed E-state index contributed by atoms with van der Waals surface area (Å²) in [6, 6.07) is 12.0. The van der Waals surface area contributed by atoms with Gasteiger partial charge in [0.15, 0.2) is 0 Å². The number of carbonyl (C=O) groups is 1. The van der Waals surface area contributed by atoms with Crippen molar-refractivity contribution in [3.63, 3.8) is 0 Å². The molecule has 5 nitrogen and oxygen atoms in total. The number of benzene rings is 2. The lowest BCUT2D eigenvalue weighted by Crippen LogP contribution is -2.28. The van der Waals surface area contributed by atoms with Crippen LogP contribution in [0.25, 0.3) is 0 Å². The molecule has 2 aromatic carbocycles. The molecule has 7 heteroatoms. The number of carbonyl (C=O) groups excluding carboxylic acids is 1. The molecule has 1 amide bonds. The van der Waals surface area contributed by atoms with Crippen molar-refractivity contribution in [2.75, 3.05) is 13.6 Å². The van der Waals surface area contributed by atoms with Crippen LogP contribution in [0.5, 0.6) is 0 Å². The van der Waals surface area contributed by atoms with Gasteiger partial charge in [-0.3, -0.25) is 4.79 Å². The molecule has 0 radical (unpaired) electrons. The summed E-state index contributed by atoms with van der Waals surface area (Å²) in [5.41, 5.74) is 0.579. The molecule has 0 aliphatic rings. The highest BCUT2D eigenvalue weighted by molar-refractivity contribution is 7.89. The lowest BCUT2D eigenvalue weighted by atomic mass is 10.2. The van der Waals surface area contributed by atoms with E-state index in [2.05, 4.69) is 5.32 Å². The molecule has 0 aliphatic carbocycles. The first-order valence-electron chi connectivity index (χ1n) is 8.44. The summed E-state index contributed by atoms with van der Waals surface area (Å²) in [7, 11) is -2.12. The number of sulfonamides is 1. The van der Waals surface area contributed by atoms with Crippen LogP contribution in [-0.2, 0) is 16.6 Å². The van der Waals surface area contributed by atoms with Crippen molar-refractivity contribution < 1.29 is 17.6 Å². The summed E-state index contributed by atoms with van der Waals surface area (Å²) in [6.45, 7) is 2.43. The summed E-state index contributed by atoms with van der Waals surface area (Å²) in [4.78, 5) is 12.4. The van der Waals surface area contributed by atoms with Gasteiger partial charge in [-0.15, -0.1) is 0 Å². The smallest absolute Gasteiger partial charge is 0.251 e. The number of amides is 1. The maximum absolute atomic E-state index is 13.6. The SMILES string of the molecule is CCCCN(C)S(=O)(=O)c1cccc(C(=O)NCc2ccccc2F)c1. The molecule has 0 aliphatic heterocycles. The van der Waals surface area contributed by atoms with Crippen molar-refractivity contribution >= 4 is 15.9 Å². The summed E-state index contributed by atoms with van der Waals surface area (Å²) in [5, 5.41) is 2.61. The Kier molecular flexibility index (Phi) is 6.88. The summed E-state index contributed by atoms with van der Waals surface area (Å²) < 4.78 is 40.1. The Balaban J connectivity index is 2.13. The van der Waals surface area contributed by atoms with Crippen LogP contribution in [0.1, 0.15) is 35.7 Å². The van der Waals surface area contributed by atoms with Crippen LogP contribution in [0, 0.1) is 5.82 Å². The lowest BCUT2D eigenvalue weighted by Gasteiger charge is -2.17. The Bertz CT molecular complexity index is 869. The fraction of sp³-hybridized carbons (Fsp3) is 0.316. The molecule has 1 N–H and O–H groups in total. The van der Waals surface area contributed by atoms with Gasteiger partial charge in [0.2, 0.25) is 10.0 Å². The third kappa shape index (κ3) is 4.89. The quantitative estimate of drug-likeness (QED) is 0.767. The van der Waals surface area contributed by atoms with Gasteiger partial charge in [0.25, 0.3) is 5.91 Å². The third-order valence-electron chi connectivity index (χ3n) is 4.03. The van der Waals surface area contributed by atoms with Crippen molar-refractivity contribution in [3.8, 4) is 0 Å². The van der Waals surface area contributed by atoms with Gasteiger partial charge < -0.3 is 5.32 Å². The predicted molar refractivity (Wildman–Crippen MR) is 98.7 cm³/mol. The molecule has 26 heavy (non-hydrogen) atoms. The molecule has 0 heterocycles. The Morgan fingerprint density at radius 2 is 1.88 bits per heavy atom. The van der Waals surface area contributed by atoms with Gasteiger partial charge in [-0.1, -0.05) is 37.6 Å². The molecule has 0 bridgehead atoms. The minimum absolute atomic E-state index is 0.0267. The van der Waals surface area contributed by atoms with Crippen molar-refractivity contribution in [2.24, 2.45) is 0 Å². The predicted octanol–water partition coefficient (Wildman–Crippen LogP) is 3.18. The van der Waals surface area contributed by atoms with E-state index in [4.69, 9.17) is 0 Å². The van der Waals surface area contributed by atoms with Gasteiger partial charge in [-0.25, -0.2) is 17.1 Å². The molecule has 0 atom stereocenters. The second kappa shape index (κ2) is 8.91. The molecular weight excluding hydrogens is 355 g/mol. The van der Waals surface area contributed by atoms with Gasteiger partial charge in [0, 0.05) is 31.3 Å². The van der Waals surface area contributed by atoms with E-state index >= 15 is 0 Å². The number of unbranched alkanes of at least 4 members (excludes halogenated alkanes) is 1. The molecular formula is C19H23FN2O3S. The van der Waals surface area contributed by atoms with Crippen molar-refractivity contribution in [1.82, 2.24) is 9.62 Å². The van der Waals surface area contributed by atoms with E-state index in [0.29, 0.717) is 12.1 Å². The molecule has 2 rings (SSSR count). The number of rotatable bonds is 8. The van der Waals surface area contributed by atoms with Crippen LogP contribution in [0.3, 0.4) is 0 Å². The zero-order valence-corrected chi connectivity index (χ0v) is 15.7. The minimum Gasteiger partial charge on any atom is -0.348 e. The van der Waals surface area contributed by atoms with E-state index in [0.717, 1.165) is 12.8 Å². The molecule has 0 unspecified atom stereocenters. The van der Waals surface area contributed by atoms with Gasteiger partial charge >= 0.3 is 0 Å². The van der Waals surface area contributed by atoms with Gasteiger partial charge in [0.05, 0.1) is 4.90 Å². The second-order valence-corrected chi connectivity index (χ2v) is 8.03. The van der Waals surface area contributed by atoms with Gasteiger partial charge in [0.1, 0.15) is 5.82 Å². The maximum Gasteiger partial charge on any atom is 0.251 e. The van der Waals surface area contributed by atoms with E-state index in [9.17, 15) is 17.6 Å². The zero-order valence-electron chi connectivity index (χ0n) is 14.9. The average molecular weight is 378 g/mol. The van der Waals surface area contributed by atoms with Crippen LogP contribution in [0.4, 0.5) is 4.39 Å². The first kappa shape index (κ1) is 20.1. The standard InChI is InChI=1S/C19H23FN2O3S/c1-3-4-12-22(2)26(24,25)17-10-7-9-15(13-17)19(23)21-14-16-8-5-6-11-18(16)20/h5-11,13H,3-4,12,14H2,1-2H3,(H,21,23). The Morgan fingerprint density at radius 3 is 2.58 bits per heavy atom. The summed E-state index contributed by atoms with van der Waals surface area (Å²) in [6.07, 6.45) is 1.65. The first-order chi connectivity index (χ1) is 12.4. The number of hydrogen-bond acceptors (Lipinski definition) is 3. The van der Waals surface area contributed by atoms with E-state index in [1.165, 1.54) is 41.7 Å². The minimum atomic E-state index is -3.65. The van der Waals surface area contributed by atoms with Gasteiger partial charge in [-0.2, -0.15) is 0 Å². The maximum atomic E-state index is 13.6. The first-order valence-corrected chi connectivity index (χ1v) is 9.88. The molecule has 2 aromatic rings. The molecule has 140 valence electrons. The normalized spacial score (nSPS) is 11.5. The number of nitrogens with zero attached hydrogens (tertiary/aromatic N) is 1. The monoisotopic (exact) mass is 378 g/mol. The van der Waals surface area contributed by atoms with Crippen molar-refractivity contribution in [1.29, 1.82) is 0 Å². The largest absolute Gasteiger partial charge is 0.348 e. The number of halogens is 1. The van der Waals surface area contributed by atoms with E-state index in [1.807, 2.05) is 6.92 Å². The van der Waals surface area contributed by atoms with Crippen LogP contribution >= 0.6 is 0 Å². The highest BCUT2D eigenvalue weighted by Crippen LogP contribution is 2.17. The molecule has 0 saturated heterocycles. The Morgan fingerprint density at radius 1 is 1.15 bits per heavy atom. The molecule has 0 aromatic heterocycles. The average Bonchev–Trinajstić information content (AvgIpc) is 2.65. The zero-order chi connectivity index (χ0) is 19.2.